The summed E-state index contributed by atoms with van der Waals surface area (Å²) in [6, 6.07) is 6.10. The monoisotopic (exact) mass is 269 g/mol. The highest BCUT2D eigenvalue weighted by molar-refractivity contribution is 9.10. The van der Waals surface area contributed by atoms with E-state index in [4.69, 9.17) is 5.21 Å². The fourth-order valence-corrected chi connectivity index (χ4v) is 2.68. The molecule has 0 radical (unpaired) electrons. The Kier molecular flexibility index (Phi) is 2.56. The van der Waals surface area contributed by atoms with Crippen LogP contribution >= 0.6 is 27.3 Å². The van der Waals surface area contributed by atoms with Crippen molar-refractivity contribution in [3.8, 4) is 0 Å². The lowest BCUT2D eigenvalue weighted by Crippen LogP contribution is -1.91. The van der Waals surface area contributed by atoms with Crippen LogP contribution in [0.15, 0.2) is 33.2 Å². The standard InChI is InChI=1S/C10H8BrNOS/c1-6(12-13)9-5-14-10-3-2-7(11)4-8(9)10/h2-5,13H,1H3/b12-6+. The summed E-state index contributed by atoms with van der Waals surface area (Å²) < 4.78 is 2.24. The van der Waals surface area contributed by atoms with Gasteiger partial charge in [0.25, 0.3) is 0 Å². The maximum atomic E-state index is 8.72. The van der Waals surface area contributed by atoms with E-state index in [-0.39, 0.29) is 0 Å². The molecule has 0 spiro atoms. The summed E-state index contributed by atoms with van der Waals surface area (Å²) in [5.74, 6) is 0. The molecule has 1 heterocycles. The van der Waals surface area contributed by atoms with Crippen LogP contribution in [0.4, 0.5) is 0 Å². The van der Waals surface area contributed by atoms with Gasteiger partial charge in [-0.05, 0) is 25.1 Å². The smallest absolute Gasteiger partial charge is 0.0851 e. The molecule has 0 aliphatic rings. The number of hydrogen-bond acceptors (Lipinski definition) is 3. The number of hydrogen-bond donors (Lipinski definition) is 1. The van der Waals surface area contributed by atoms with Crippen LogP contribution < -0.4 is 0 Å². The van der Waals surface area contributed by atoms with Gasteiger partial charge < -0.3 is 5.21 Å². The van der Waals surface area contributed by atoms with Crippen molar-refractivity contribution >= 4 is 43.1 Å². The van der Waals surface area contributed by atoms with Crippen LogP contribution in [0.5, 0.6) is 0 Å². The molecule has 14 heavy (non-hydrogen) atoms. The van der Waals surface area contributed by atoms with Crippen molar-refractivity contribution in [3.63, 3.8) is 0 Å². The summed E-state index contributed by atoms with van der Waals surface area (Å²) in [7, 11) is 0. The highest BCUT2D eigenvalue weighted by Gasteiger charge is 2.07. The van der Waals surface area contributed by atoms with E-state index in [0.717, 1.165) is 15.4 Å². The molecule has 0 fully saturated rings. The molecule has 0 atom stereocenters. The minimum Gasteiger partial charge on any atom is -0.411 e. The van der Waals surface area contributed by atoms with Crippen LogP contribution in [-0.2, 0) is 0 Å². The van der Waals surface area contributed by atoms with Gasteiger partial charge in [-0.1, -0.05) is 21.1 Å². The Labute approximate surface area is 94.0 Å². The Morgan fingerprint density at radius 1 is 1.50 bits per heavy atom. The molecule has 0 aliphatic heterocycles. The Hall–Kier alpha value is -0.870. The van der Waals surface area contributed by atoms with E-state index < -0.39 is 0 Å². The third kappa shape index (κ3) is 1.55. The average Bonchev–Trinajstić information content (AvgIpc) is 2.59. The van der Waals surface area contributed by atoms with E-state index in [9.17, 15) is 0 Å². The number of benzene rings is 1. The highest BCUT2D eigenvalue weighted by atomic mass is 79.9. The number of rotatable bonds is 1. The van der Waals surface area contributed by atoms with E-state index >= 15 is 0 Å². The molecule has 0 unspecified atom stereocenters. The molecule has 2 aromatic rings. The van der Waals surface area contributed by atoms with E-state index in [1.165, 1.54) is 4.70 Å². The van der Waals surface area contributed by atoms with Crippen LogP contribution in [0, 0.1) is 0 Å². The maximum absolute atomic E-state index is 8.72. The predicted octanol–water partition coefficient (Wildman–Crippen LogP) is 3.86. The lowest BCUT2D eigenvalue weighted by molar-refractivity contribution is 0.319. The zero-order valence-corrected chi connectivity index (χ0v) is 9.89. The number of nitrogens with zero attached hydrogens (tertiary/aromatic N) is 1. The van der Waals surface area contributed by atoms with Gasteiger partial charge in [-0.2, -0.15) is 0 Å². The molecule has 2 nitrogen and oxygen atoms in total. The van der Waals surface area contributed by atoms with Crippen LogP contribution in [0.3, 0.4) is 0 Å². The second-order valence-corrected chi connectivity index (χ2v) is 4.80. The first-order valence-electron chi connectivity index (χ1n) is 4.08. The van der Waals surface area contributed by atoms with Crippen LogP contribution in [0.2, 0.25) is 0 Å². The number of fused-ring (bicyclic) bond motifs is 1. The minimum atomic E-state index is 0.648. The second-order valence-electron chi connectivity index (χ2n) is 2.98. The highest BCUT2D eigenvalue weighted by Crippen LogP contribution is 2.29. The fraction of sp³-hybridized carbons (Fsp3) is 0.100. The molecule has 1 N–H and O–H groups in total. The predicted molar refractivity (Wildman–Crippen MR) is 63.5 cm³/mol. The van der Waals surface area contributed by atoms with Gasteiger partial charge in [0.2, 0.25) is 0 Å². The minimum absolute atomic E-state index is 0.648. The fourth-order valence-electron chi connectivity index (χ4n) is 1.34. The van der Waals surface area contributed by atoms with Crippen molar-refractivity contribution in [2.45, 2.75) is 6.92 Å². The zero-order chi connectivity index (χ0) is 10.1. The lowest BCUT2D eigenvalue weighted by Gasteiger charge is -1.96. The SMILES string of the molecule is C/C(=N\O)c1csc2ccc(Br)cc12. The summed E-state index contributed by atoms with van der Waals surface area (Å²) >= 11 is 5.08. The van der Waals surface area contributed by atoms with Gasteiger partial charge in [0.05, 0.1) is 5.71 Å². The third-order valence-electron chi connectivity index (χ3n) is 2.08. The largest absolute Gasteiger partial charge is 0.411 e. The van der Waals surface area contributed by atoms with Gasteiger partial charge in [-0.25, -0.2) is 0 Å². The van der Waals surface area contributed by atoms with E-state index in [1.54, 1.807) is 18.3 Å². The third-order valence-corrected chi connectivity index (χ3v) is 3.53. The lowest BCUT2D eigenvalue weighted by atomic mass is 10.1. The van der Waals surface area contributed by atoms with Gasteiger partial charge >= 0.3 is 0 Å². The quantitative estimate of drug-likeness (QED) is 0.476. The molecule has 0 amide bonds. The zero-order valence-electron chi connectivity index (χ0n) is 7.49. The second kappa shape index (κ2) is 3.71. The molecule has 72 valence electrons. The summed E-state index contributed by atoms with van der Waals surface area (Å²) in [6.45, 7) is 1.79. The summed E-state index contributed by atoms with van der Waals surface area (Å²) in [4.78, 5) is 0. The van der Waals surface area contributed by atoms with E-state index in [2.05, 4.69) is 27.2 Å². The van der Waals surface area contributed by atoms with Crippen LogP contribution in [-0.4, -0.2) is 10.9 Å². The molecule has 0 bridgehead atoms. The number of thiophene rings is 1. The van der Waals surface area contributed by atoms with Gasteiger partial charge in [0, 0.05) is 25.5 Å². The molecular formula is C10H8BrNOS. The molecule has 2 rings (SSSR count). The van der Waals surface area contributed by atoms with Crippen molar-refractivity contribution < 1.29 is 5.21 Å². The summed E-state index contributed by atoms with van der Waals surface area (Å²) in [5.41, 5.74) is 1.64. The summed E-state index contributed by atoms with van der Waals surface area (Å²) in [6.07, 6.45) is 0. The Balaban J connectivity index is 2.73. The van der Waals surface area contributed by atoms with Gasteiger partial charge in [-0.3, -0.25) is 0 Å². The van der Waals surface area contributed by atoms with Gasteiger partial charge in [0.15, 0.2) is 0 Å². The Bertz CT molecular complexity index is 504. The Morgan fingerprint density at radius 3 is 3.00 bits per heavy atom. The van der Waals surface area contributed by atoms with Crippen molar-refractivity contribution in [2.24, 2.45) is 5.16 Å². The number of oxime groups is 1. The van der Waals surface area contributed by atoms with E-state index in [1.807, 2.05) is 17.5 Å². The van der Waals surface area contributed by atoms with Crippen molar-refractivity contribution in [3.05, 3.63) is 33.6 Å². The van der Waals surface area contributed by atoms with Gasteiger partial charge in [-0.15, -0.1) is 11.3 Å². The average molecular weight is 270 g/mol. The van der Waals surface area contributed by atoms with Crippen molar-refractivity contribution in [1.29, 1.82) is 0 Å². The molecule has 4 heteroatoms. The first kappa shape index (κ1) is 9.68. The molecule has 1 aromatic carbocycles. The van der Waals surface area contributed by atoms with Crippen molar-refractivity contribution in [2.75, 3.05) is 0 Å². The Morgan fingerprint density at radius 2 is 2.29 bits per heavy atom. The van der Waals surface area contributed by atoms with E-state index in [0.29, 0.717) is 5.71 Å². The molecule has 1 aromatic heterocycles. The van der Waals surface area contributed by atoms with Gasteiger partial charge in [0.1, 0.15) is 0 Å². The first-order chi connectivity index (χ1) is 6.72. The molecular weight excluding hydrogens is 262 g/mol. The first-order valence-corrected chi connectivity index (χ1v) is 5.75. The van der Waals surface area contributed by atoms with Crippen LogP contribution in [0.1, 0.15) is 12.5 Å². The molecule has 0 aliphatic carbocycles. The number of halogens is 1. The normalized spacial score (nSPS) is 12.3. The summed E-state index contributed by atoms with van der Waals surface area (Å²) in [5, 5.41) is 15.1. The maximum Gasteiger partial charge on any atom is 0.0851 e. The van der Waals surface area contributed by atoms with Crippen LogP contribution in [0.25, 0.3) is 10.1 Å². The van der Waals surface area contributed by atoms with Crippen molar-refractivity contribution in [1.82, 2.24) is 0 Å². The topological polar surface area (TPSA) is 32.6 Å². The molecule has 0 saturated heterocycles. The molecule has 0 saturated carbocycles.